The average Bonchev–Trinajstić information content (AvgIpc) is 3.01. The Morgan fingerprint density at radius 1 is 1.29 bits per heavy atom. The summed E-state index contributed by atoms with van der Waals surface area (Å²) >= 11 is 0. The molecule has 106 valence electrons. The van der Waals surface area contributed by atoms with E-state index in [1.807, 2.05) is 35.2 Å². The molecule has 1 atom stereocenters. The predicted octanol–water partition coefficient (Wildman–Crippen LogP) is 1.68. The van der Waals surface area contributed by atoms with Gasteiger partial charge in [0.25, 0.3) is 5.91 Å². The maximum Gasteiger partial charge on any atom is 0.327 e. The van der Waals surface area contributed by atoms with Crippen molar-refractivity contribution in [3.8, 4) is 18.0 Å². The van der Waals surface area contributed by atoms with Crippen LogP contribution < -0.4 is 5.32 Å². The summed E-state index contributed by atoms with van der Waals surface area (Å²) in [6.45, 7) is 0. The minimum atomic E-state index is -1.15. The molecular weight excluding hydrogens is 268 g/mol. The highest BCUT2D eigenvalue weighted by atomic mass is 16.4. The second kappa shape index (κ2) is 6.44. The molecule has 0 radical (unpaired) electrons. The fraction of sp³-hybridized carbons (Fsp3) is 0.125. The Balaban J connectivity index is 2.18. The van der Waals surface area contributed by atoms with Crippen molar-refractivity contribution in [2.24, 2.45) is 0 Å². The molecular formula is C16H14N2O3. The molecule has 1 aromatic carbocycles. The molecule has 1 heterocycles. The molecule has 2 N–H and O–H groups in total. The van der Waals surface area contributed by atoms with Crippen molar-refractivity contribution in [1.29, 1.82) is 0 Å². The van der Waals surface area contributed by atoms with Gasteiger partial charge >= 0.3 is 5.97 Å². The molecule has 0 aliphatic carbocycles. The summed E-state index contributed by atoms with van der Waals surface area (Å²) in [5, 5.41) is 11.4. The lowest BCUT2D eigenvalue weighted by molar-refractivity contribution is -0.139. The van der Waals surface area contributed by atoms with Crippen LogP contribution in [0.3, 0.4) is 0 Å². The Hall–Kier alpha value is -3.00. The lowest BCUT2D eigenvalue weighted by Gasteiger charge is -2.12. The summed E-state index contributed by atoms with van der Waals surface area (Å²) < 4.78 is 1.85. The van der Waals surface area contributed by atoms with Crippen LogP contribution in [0.1, 0.15) is 16.8 Å². The van der Waals surface area contributed by atoms with Gasteiger partial charge in [-0.1, -0.05) is 6.07 Å². The van der Waals surface area contributed by atoms with Gasteiger partial charge in [-0.2, -0.15) is 0 Å². The van der Waals surface area contributed by atoms with E-state index in [2.05, 4.69) is 11.2 Å². The number of hydrogen-bond donors (Lipinski definition) is 2. The second-order valence-corrected chi connectivity index (χ2v) is 4.41. The van der Waals surface area contributed by atoms with Crippen LogP contribution in [0.25, 0.3) is 5.69 Å². The smallest absolute Gasteiger partial charge is 0.327 e. The number of benzene rings is 1. The number of carbonyl (C=O) groups excluding carboxylic acids is 1. The van der Waals surface area contributed by atoms with Crippen molar-refractivity contribution in [3.05, 3.63) is 54.4 Å². The number of hydrogen-bond acceptors (Lipinski definition) is 2. The van der Waals surface area contributed by atoms with Crippen LogP contribution in [-0.2, 0) is 4.79 Å². The number of rotatable bonds is 5. The van der Waals surface area contributed by atoms with E-state index in [0.717, 1.165) is 5.69 Å². The Morgan fingerprint density at radius 3 is 2.62 bits per heavy atom. The SMILES string of the molecule is C#CCC(NC(=O)c1cccc(-n2cccc2)c1)C(=O)O. The van der Waals surface area contributed by atoms with Gasteiger partial charge in [-0.05, 0) is 30.3 Å². The van der Waals surface area contributed by atoms with Gasteiger partial charge < -0.3 is 15.0 Å². The quantitative estimate of drug-likeness (QED) is 0.820. The predicted molar refractivity (Wildman–Crippen MR) is 78.1 cm³/mol. The number of amides is 1. The number of aromatic nitrogens is 1. The molecule has 0 bridgehead atoms. The lowest BCUT2D eigenvalue weighted by atomic mass is 10.1. The monoisotopic (exact) mass is 282 g/mol. The van der Waals surface area contributed by atoms with Crippen molar-refractivity contribution >= 4 is 11.9 Å². The second-order valence-electron chi connectivity index (χ2n) is 4.41. The first-order valence-corrected chi connectivity index (χ1v) is 6.32. The third kappa shape index (κ3) is 3.51. The van der Waals surface area contributed by atoms with Crippen LogP contribution >= 0.6 is 0 Å². The van der Waals surface area contributed by atoms with E-state index in [1.165, 1.54) is 0 Å². The Bertz CT molecular complexity index is 684. The molecule has 0 aliphatic rings. The van der Waals surface area contributed by atoms with Crippen molar-refractivity contribution in [2.75, 3.05) is 0 Å². The molecule has 5 nitrogen and oxygen atoms in total. The zero-order chi connectivity index (χ0) is 15.2. The van der Waals surface area contributed by atoms with E-state index in [1.54, 1.807) is 18.2 Å². The normalized spacial score (nSPS) is 11.4. The highest BCUT2D eigenvalue weighted by Gasteiger charge is 2.19. The highest BCUT2D eigenvalue weighted by Crippen LogP contribution is 2.11. The zero-order valence-corrected chi connectivity index (χ0v) is 11.2. The van der Waals surface area contributed by atoms with E-state index in [-0.39, 0.29) is 6.42 Å². The largest absolute Gasteiger partial charge is 0.480 e. The lowest BCUT2D eigenvalue weighted by Crippen LogP contribution is -2.40. The third-order valence-electron chi connectivity index (χ3n) is 2.94. The van der Waals surface area contributed by atoms with Crippen LogP contribution in [0.2, 0.25) is 0 Å². The average molecular weight is 282 g/mol. The number of nitrogens with zero attached hydrogens (tertiary/aromatic N) is 1. The molecule has 21 heavy (non-hydrogen) atoms. The standard InChI is InChI=1S/C16H14N2O3/c1-2-6-14(16(20)21)17-15(19)12-7-5-8-13(11-12)18-9-3-4-10-18/h1,3-5,7-11,14H,6H2,(H,17,19)(H,20,21). The molecule has 5 heteroatoms. The number of aliphatic carboxylic acids is 1. The van der Waals surface area contributed by atoms with Gasteiger partial charge in [0.15, 0.2) is 0 Å². The fourth-order valence-corrected chi connectivity index (χ4v) is 1.87. The van der Waals surface area contributed by atoms with E-state index in [0.29, 0.717) is 5.56 Å². The van der Waals surface area contributed by atoms with E-state index in [9.17, 15) is 9.59 Å². The molecule has 2 aromatic rings. The van der Waals surface area contributed by atoms with E-state index < -0.39 is 17.9 Å². The summed E-state index contributed by atoms with van der Waals surface area (Å²) in [6.07, 6.45) is 8.76. The maximum atomic E-state index is 12.1. The van der Waals surface area contributed by atoms with Crippen LogP contribution in [0, 0.1) is 12.3 Å². The summed E-state index contributed by atoms with van der Waals surface area (Å²) in [5.41, 5.74) is 1.20. The van der Waals surface area contributed by atoms with Crippen LogP contribution in [0.5, 0.6) is 0 Å². The molecule has 0 fully saturated rings. The molecule has 0 saturated carbocycles. The first-order chi connectivity index (χ1) is 10.1. The Morgan fingerprint density at radius 2 is 2.00 bits per heavy atom. The van der Waals surface area contributed by atoms with Gasteiger partial charge in [0.05, 0.1) is 0 Å². The van der Waals surface area contributed by atoms with Crippen LogP contribution in [-0.4, -0.2) is 27.6 Å². The van der Waals surface area contributed by atoms with Gasteiger partial charge in [0, 0.05) is 30.1 Å². The molecule has 0 aliphatic heterocycles. The van der Waals surface area contributed by atoms with Gasteiger partial charge in [0.2, 0.25) is 0 Å². The first-order valence-electron chi connectivity index (χ1n) is 6.32. The molecule has 0 saturated heterocycles. The third-order valence-corrected chi connectivity index (χ3v) is 2.94. The van der Waals surface area contributed by atoms with Gasteiger partial charge in [-0.25, -0.2) is 4.79 Å². The minimum absolute atomic E-state index is 0.0572. The number of carboxylic acid groups (broad SMARTS) is 1. The van der Waals surface area contributed by atoms with Crippen molar-refractivity contribution in [1.82, 2.24) is 9.88 Å². The van der Waals surface area contributed by atoms with E-state index in [4.69, 9.17) is 11.5 Å². The summed E-state index contributed by atoms with van der Waals surface area (Å²) in [4.78, 5) is 23.1. The van der Waals surface area contributed by atoms with Gasteiger partial charge in [0.1, 0.15) is 6.04 Å². The molecule has 1 unspecified atom stereocenters. The number of carboxylic acids is 1. The summed E-state index contributed by atoms with van der Waals surface area (Å²) in [6, 6.07) is 9.56. The maximum absolute atomic E-state index is 12.1. The summed E-state index contributed by atoms with van der Waals surface area (Å²) in [5.74, 6) is 0.624. The van der Waals surface area contributed by atoms with E-state index >= 15 is 0 Å². The van der Waals surface area contributed by atoms with Crippen molar-refractivity contribution in [2.45, 2.75) is 12.5 Å². The molecule has 2 rings (SSSR count). The topological polar surface area (TPSA) is 71.3 Å². The van der Waals surface area contributed by atoms with Gasteiger partial charge in [-0.15, -0.1) is 12.3 Å². The minimum Gasteiger partial charge on any atom is -0.480 e. The summed E-state index contributed by atoms with van der Waals surface area (Å²) in [7, 11) is 0. The Labute approximate surface area is 122 Å². The zero-order valence-electron chi connectivity index (χ0n) is 11.2. The number of carbonyl (C=O) groups is 2. The van der Waals surface area contributed by atoms with Crippen molar-refractivity contribution < 1.29 is 14.7 Å². The molecule has 0 spiro atoms. The fourth-order valence-electron chi connectivity index (χ4n) is 1.87. The Kier molecular flexibility index (Phi) is 4.42. The van der Waals surface area contributed by atoms with Gasteiger partial charge in [-0.3, -0.25) is 4.79 Å². The first kappa shape index (κ1) is 14.4. The molecule has 1 amide bonds. The highest BCUT2D eigenvalue weighted by molar-refractivity contribution is 5.97. The van der Waals surface area contributed by atoms with Crippen LogP contribution in [0.15, 0.2) is 48.8 Å². The van der Waals surface area contributed by atoms with Crippen molar-refractivity contribution in [3.63, 3.8) is 0 Å². The van der Waals surface area contributed by atoms with Crippen LogP contribution in [0.4, 0.5) is 0 Å². The molecule has 1 aromatic heterocycles. The number of terminal acetylenes is 1. The number of nitrogens with one attached hydrogen (secondary N) is 1.